The molecular formula is C11H17N3OS. The van der Waals surface area contributed by atoms with Crippen molar-refractivity contribution in [1.82, 2.24) is 15.6 Å². The van der Waals surface area contributed by atoms with Gasteiger partial charge in [-0.25, -0.2) is 4.98 Å². The molecule has 5 heteroatoms. The summed E-state index contributed by atoms with van der Waals surface area (Å²) in [4.78, 5) is 16.0. The van der Waals surface area contributed by atoms with E-state index in [4.69, 9.17) is 0 Å². The fraction of sp³-hybridized carbons (Fsp3) is 0.636. The number of thiazole rings is 1. The number of aryl methyl sites for hydroxylation is 1. The van der Waals surface area contributed by atoms with Crippen LogP contribution in [0.4, 0.5) is 0 Å². The van der Waals surface area contributed by atoms with Gasteiger partial charge in [-0.2, -0.15) is 0 Å². The summed E-state index contributed by atoms with van der Waals surface area (Å²) in [5.74, 6) is 0.344. The Morgan fingerprint density at radius 3 is 3.25 bits per heavy atom. The van der Waals surface area contributed by atoms with Crippen LogP contribution in [-0.4, -0.2) is 30.5 Å². The van der Waals surface area contributed by atoms with Crippen LogP contribution in [0.15, 0.2) is 5.38 Å². The molecule has 2 heterocycles. The average Bonchev–Trinajstić information content (AvgIpc) is 2.89. The van der Waals surface area contributed by atoms with E-state index in [0.717, 1.165) is 36.6 Å². The van der Waals surface area contributed by atoms with Crippen LogP contribution in [0.5, 0.6) is 0 Å². The number of carbonyl (C=O) groups excluding carboxylic acids is 1. The van der Waals surface area contributed by atoms with Crippen LogP contribution in [0.3, 0.4) is 0 Å². The van der Waals surface area contributed by atoms with Gasteiger partial charge in [0, 0.05) is 30.6 Å². The van der Waals surface area contributed by atoms with E-state index >= 15 is 0 Å². The van der Waals surface area contributed by atoms with Crippen molar-refractivity contribution in [2.45, 2.75) is 19.8 Å². The number of hydrogen-bond acceptors (Lipinski definition) is 4. The van der Waals surface area contributed by atoms with E-state index in [2.05, 4.69) is 15.6 Å². The summed E-state index contributed by atoms with van der Waals surface area (Å²) < 4.78 is 0. The lowest BCUT2D eigenvalue weighted by Crippen LogP contribution is -2.33. The molecule has 1 unspecified atom stereocenters. The molecule has 1 aliphatic rings. The summed E-state index contributed by atoms with van der Waals surface area (Å²) in [5.41, 5.74) is 1.06. The number of amides is 1. The van der Waals surface area contributed by atoms with Gasteiger partial charge in [0.05, 0.1) is 10.9 Å². The Morgan fingerprint density at radius 2 is 2.62 bits per heavy atom. The molecule has 1 saturated heterocycles. The lowest BCUT2D eigenvalue weighted by Gasteiger charge is -2.08. The Morgan fingerprint density at radius 1 is 1.75 bits per heavy atom. The van der Waals surface area contributed by atoms with Gasteiger partial charge in [-0.1, -0.05) is 0 Å². The second-order valence-corrected chi connectivity index (χ2v) is 5.06. The van der Waals surface area contributed by atoms with Gasteiger partial charge in [0.15, 0.2) is 0 Å². The van der Waals surface area contributed by atoms with E-state index in [0.29, 0.717) is 6.54 Å². The second kappa shape index (κ2) is 5.41. The number of rotatable bonds is 4. The maximum Gasteiger partial charge on any atom is 0.224 e. The first-order valence-corrected chi connectivity index (χ1v) is 6.53. The first kappa shape index (κ1) is 11.5. The fourth-order valence-electron chi connectivity index (χ4n) is 1.83. The number of hydrogen-bond donors (Lipinski definition) is 2. The van der Waals surface area contributed by atoms with Gasteiger partial charge in [-0.3, -0.25) is 4.79 Å². The summed E-state index contributed by atoms with van der Waals surface area (Å²) in [6.45, 7) is 4.47. The van der Waals surface area contributed by atoms with Gasteiger partial charge in [0.2, 0.25) is 5.91 Å². The van der Waals surface area contributed by atoms with Crippen LogP contribution >= 0.6 is 11.3 Å². The second-order valence-electron chi connectivity index (χ2n) is 4.11. The molecule has 1 atom stereocenters. The van der Waals surface area contributed by atoms with Gasteiger partial charge < -0.3 is 10.6 Å². The molecule has 4 nitrogen and oxygen atoms in total. The number of aromatic nitrogens is 1. The predicted molar refractivity (Wildman–Crippen MR) is 64.5 cm³/mol. The SMILES string of the molecule is Cc1csc(CCNC(=O)C2CCNC2)n1. The highest BCUT2D eigenvalue weighted by Crippen LogP contribution is 2.09. The molecule has 1 aromatic rings. The van der Waals surface area contributed by atoms with Gasteiger partial charge in [0.25, 0.3) is 0 Å². The molecule has 2 N–H and O–H groups in total. The highest BCUT2D eigenvalue weighted by molar-refractivity contribution is 7.09. The van der Waals surface area contributed by atoms with Crippen molar-refractivity contribution < 1.29 is 4.79 Å². The molecule has 1 aromatic heterocycles. The molecule has 2 rings (SSSR count). The van der Waals surface area contributed by atoms with E-state index in [1.807, 2.05) is 12.3 Å². The monoisotopic (exact) mass is 239 g/mol. The normalized spacial score (nSPS) is 19.9. The minimum absolute atomic E-state index is 0.165. The standard InChI is InChI=1S/C11H17N3OS/c1-8-7-16-10(14-8)3-5-13-11(15)9-2-4-12-6-9/h7,9,12H,2-6H2,1H3,(H,13,15). The summed E-state index contributed by atoms with van der Waals surface area (Å²) in [6, 6.07) is 0. The fourth-order valence-corrected chi connectivity index (χ4v) is 2.61. The summed E-state index contributed by atoms with van der Waals surface area (Å²) in [5, 5.41) is 9.30. The Balaban J connectivity index is 1.69. The topological polar surface area (TPSA) is 54.0 Å². The smallest absolute Gasteiger partial charge is 0.224 e. The van der Waals surface area contributed by atoms with Crippen molar-refractivity contribution in [1.29, 1.82) is 0 Å². The van der Waals surface area contributed by atoms with E-state index in [9.17, 15) is 4.79 Å². The molecule has 0 radical (unpaired) electrons. The Labute approximate surface area is 99.5 Å². The van der Waals surface area contributed by atoms with Crippen LogP contribution in [0.25, 0.3) is 0 Å². The van der Waals surface area contributed by atoms with Gasteiger partial charge in [-0.05, 0) is 19.9 Å². The minimum Gasteiger partial charge on any atom is -0.355 e. The maximum atomic E-state index is 11.7. The molecule has 1 fully saturated rings. The summed E-state index contributed by atoms with van der Waals surface area (Å²) in [6.07, 6.45) is 1.80. The Kier molecular flexibility index (Phi) is 3.90. The number of nitrogens with one attached hydrogen (secondary N) is 2. The third kappa shape index (κ3) is 3.02. The van der Waals surface area contributed by atoms with Gasteiger partial charge in [-0.15, -0.1) is 11.3 Å². The number of carbonyl (C=O) groups is 1. The summed E-state index contributed by atoms with van der Waals surface area (Å²) >= 11 is 1.66. The molecule has 0 aliphatic carbocycles. The third-order valence-corrected chi connectivity index (χ3v) is 3.76. The van der Waals surface area contributed by atoms with E-state index < -0.39 is 0 Å². The van der Waals surface area contributed by atoms with Crippen molar-refractivity contribution in [3.05, 3.63) is 16.1 Å². The molecule has 88 valence electrons. The Hall–Kier alpha value is -0.940. The maximum absolute atomic E-state index is 11.7. The van der Waals surface area contributed by atoms with E-state index in [-0.39, 0.29) is 11.8 Å². The first-order chi connectivity index (χ1) is 7.75. The average molecular weight is 239 g/mol. The summed E-state index contributed by atoms with van der Waals surface area (Å²) in [7, 11) is 0. The van der Waals surface area contributed by atoms with Crippen molar-refractivity contribution >= 4 is 17.2 Å². The zero-order valence-corrected chi connectivity index (χ0v) is 10.3. The molecular weight excluding hydrogens is 222 g/mol. The van der Waals surface area contributed by atoms with Crippen molar-refractivity contribution in [2.75, 3.05) is 19.6 Å². The van der Waals surface area contributed by atoms with Gasteiger partial charge >= 0.3 is 0 Å². The predicted octanol–water partition coefficient (Wildman–Crippen LogP) is 0.720. The molecule has 16 heavy (non-hydrogen) atoms. The molecule has 0 bridgehead atoms. The van der Waals surface area contributed by atoms with Crippen LogP contribution in [0.2, 0.25) is 0 Å². The van der Waals surface area contributed by atoms with Crippen LogP contribution in [-0.2, 0) is 11.2 Å². The molecule has 0 spiro atoms. The molecule has 0 saturated carbocycles. The minimum atomic E-state index is 0.165. The Bertz CT molecular complexity index is 358. The van der Waals surface area contributed by atoms with E-state index in [1.54, 1.807) is 11.3 Å². The number of nitrogens with zero attached hydrogens (tertiary/aromatic N) is 1. The van der Waals surface area contributed by atoms with Crippen LogP contribution in [0.1, 0.15) is 17.1 Å². The largest absolute Gasteiger partial charge is 0.355 e. The molecule has 1 amide bonds. The first-order valence-electron chi connectivity index (χ1n) is 5.65. The van der Waals surface area contributed by atoms with E-state index in [1.165, 1.54) is 0 Å². The zero-order valence-electron chi connectivity index (χ0n) is 9.45. The quantitative estimate of drug-likeness (QED) is 0.814. The third-order valence-electron chi connectivity index (χ3n) is 2.74. The van der Waals surface area contributed by atoms with Crippen molar-refractivity contribution in [3.8, 4) is 0 Å². The highest BCUT2D eigenvalue weighted by Gasteiger charge is 2.21. The van der Waals surface area contributed by atoms with Gasteiger partial charge in [0.1, 0.15) is 0 Å². The van der Waals surface area contributed by atoms with Crippen LogP contribution < -0.4 is 10.6 Å². The highest BCUT2D eigenvalue weighted by atomic mass is 32.1. The zero-order chi connectivity index (χ0) is 11.4. The molecule has 1 aliphatic heterocycles. The van der Waals surface area contributed by atoms with Crippen LogP contribution in [0, 0.1) is 12.8 Å². The molecule has 0 aromatic carbocycles. The lowest BCUT2D eigenvalue weighted by molar-refractivity contribution is -0.124. The lowest BCUT2D eigenvalue weighted by atomic mass is 10.1. The van der Waals surface area contributed by atoms with Crippen molar-refractivity contribution in [2.24, 2.45) is 5.92 Å². The van der Waals surface area contributed by atoms with Crippen molar-refractivity contribution in [3.63, 3.8) is 0 Å².